The molecule has 1 aliphatic rings. The van der Waals surface area contributed by atoms with Crippen molar-refractivity contribution in [2.75, 3.05) is 6.61 Å². The van der Waals surface area contributed by atoms with E-state index in [0.717, 1.165) is 17.6 Å². The van der Waals surface area contributed by atoms with Crippen LogP contribution in [-0.4, -0.2) is 12.9 Å². The molecule has 0 amide bonds. The number of aldehydes is 1. The molecule has 0 aromatic heterocycles. The van der Waals surface area contributed by atoms with Crippen LogP contribution in [0.4, 0.5) is 0 Å². The zero-order valence-electron chi connectivity index (χ0n) is 9.30. The van der Waals surface area contributed by atoms with Crippen molar-refractivity contribution in [2.24, 2.45) is 0 Å². The van der Waals surface area contributed by atoms with E-state index in [9.17, 15) is 4.79 Å². The summed E-state index contributed by atoms with van der Waals surface area (Å²) in [5, 5.41) is 0. The van der Waals surface area contributed by atoms with Gasteiger partial charge >= 0.3 is 0 Å². The number of hydrogen-bond acceptors (Lipinski definition) is 2. The van der Waals surface area contributed by atoms with Crippen LogP contribution in [0.25, 0.3) is 0 Å². The lowest BCUT2D eigenvalue weighted by molar-refractivity contribution is 0.112. The fourth-order valence-corrected chi connectivity index (χ4v) is 2.27. The third-order valence-electron chi connectivity index (χ3n) is 3.15. The van der Waals surface area contributed by atoms with Gasteiger partial charge in [0, 0.05) is 17.0 Å². The molecule has 0 unspecified atom stereocenters. The maximum Gasteiger partial charge on any atom is 0.150 e. The lowest BCUT2D eigenvalue weighted by Crippen LogP contribution is -2.02. The smallest absolute Gasteiger partial charge is 0.150 e. The van der Waals surface area contributed by atoms with Crippen LogP contribution >= 0.6 is 0 Å². The van der Waals surface area contributed by atoms with E-state index in [0.29, 0.717) is 12.2 Å². The summed E-state index contributed by atoms with van der Waals surface area (Å²) in [6, 6.07) is 15.8. The first kappa shape index (κ1) is 10.1. The maximum atomic E-state index is 10.8. The first-order valence-corrected chi connectivity index (χ1v) is 5.65. The van der Waals surface area contributed by atoms with Crippen molar-refractivity contribution in [1.82, 2.24) is 0 Å². The third kappa shape index (κ3) is 1.72. The zero-order chi connectivity index (χ0) is 11.7. The Morgan fingerprint density at radius 1 is 1.12 bits per heavy atom. The molecule has 0 saturated carbocycles. The van der Waals surface area contributed by atoms with E-state index < -0.39 is 0 Å². The van der Waals surface area contributed by atoms with Crippen molar-refractivity contribution in [3.63, 3.8) is 0 Å². The van der Waals surface area contributed by atoms with Gasteiger partial charge in [-0.3, -0.25) is 4.79 Å². The normalized spacial score (nSPS) is 17.3. The third-order valence-corrected chi connectivity index (χ3v) is 3.15. The topological polar surface area (TPSA) is 26.3 Å². The molecule has 2 aromatic carbocycles. The Kier molecular flexibility index (Phi) is 2.41. The molecule has 0 radical (unpaired) electrons. The van der Waals surface area contributed by atoms with Crippen molar-refractivity contribution in [1.29, 1.82) is 0 Å². The van der Waals surface area contributed by atoms with Crippen LogP contribution in [-0.2, 0) is 0 Å². The average Bonchev–Trinajstić information content (AvgIpc) is 2.82. The minimum absolute atomic E-state index is 0.242. The van der Waals surface area contributed by atoms with E-state index in [1.54, 1.807) is 6.07 Å². The predicted molar refractivity (Wildman–Crippen MR) is 65.6 cm³/mol. The van der Waals surface area contributed by atoms with Gasteiger partial charge in [-0.15, -0.1) is 0 Å². The van der Waals surface area contributed by atoms with Crippen LogP contribution in [0.5, 0.6) is 5.75 Å². The molecule has 17 heavy (non-hydrogen) atoms. The molecule has 1 heterocycles. The predicted octanol–water partition coefficient (Wildman–Crippen LogP) is 3.02. The first-order valence-electron chi connectivity index (χ1n) is 5.65. The SMILES string of the molecule is O=Cc1ccc2c(c1)[C@H](c1ccccc1)CO2. The lowest BCUT2D eigenvalue weighted by atomic mass is 9.92. The summed E-state index contributed by atoms with van der Waals surface area (Å²) >= 11 is 0. The Hall–Kier alpha value is -2.09. The van der Waals surface area contributed by atoms with Gasteiger partial charge in [0.25, 0.3) is 0 Å². The second kappa shape index (κ2) is 4.06. The molecule has 2 nitrogen and oxygen atoms in total. The monoisotopic (exact) mass is 224 g/mol. The van der Waals surface area contributed by atoms with Gasteiger partial charge in [-0.2, -0.15) is 0 Å². The summed E-state index contributed by atoms with van der Waals surface area (Å²) in [5.41, 5.74) is 3.05. The molecule has 1 aliphatic heterocycles. The Morgan fingerprint density at radius 3 is 2.71 bits per heavy atom. The number of carbonyl (C=O) groups excluding carboxylic acids is 1. The number of rotatable bonds is 2. The Morgan fingerprint density at radius 2 is 1.94 bits per heavy atom. The summed E-state index contributed by atoms with van der Waals surface area (Å²) in [7, 11) is 0. The van der Waals surface area contributed by atoms with Crippen LogP contribution in [0, 0.1) is 0 Å². The van der Waals surface area contributed by atoms with Crippen molar-refractivity contribution in [2.45, 2.75) is 5.92 Å². The molecule has 3 rings (SSSR count). The van der Waals surface area contributed by atoms with Gasteiger partial charge in [0.2, 0.25) is 0 Å². The van der Waals surface area contributed by atoms with Gasteiger partial charge in [0.15, 0.2) is 0 Å². The van der Waals surface area contributed by atoms with E-state index in [2.05, 4.69) is 12.1 Å². The molecule has 0 aliphatic carbocycles. The minimum atomic E-state index is 0.242. The highest BCUT2D eigenvalue weighted by Gasteiger charge is 2.25. The Balaban J connectivity index is 2.06. The van der Waals surface area contributed by atoms with Crippen molar-refractivity contribution >= 4 is 6.29 Å². The summed E-state index contributed by atoms with van der Waals surface area (Å²) in [6.07, 6.45) is 0.876. The number of hydrogen-bond donors (Lipinski definition) is 0. The molecule has 2 heteroatoms. The van der Waals surface area contributed by atoms with E-state index in [1.165, 1.54) is 5.56 Å². The minimum Gasteiger partial charge on any atom is -0.492 e. The second-order valence-electron chi connectivity index (χ2n) is 4.19. The molecule has 84 valence electrons. The highest BCUT2D eigenvalue weighted by molar-refractivity contribution is 5.76. The van der Waals surface area contributed by atoms with E-state index in [1.807, 2.05) is 30.3 Å². The van der Waals surface area contributed by atoms with Gasteiger partial charge in [-0.1, -0.05) is 30.3 Å². The van der Waals surface area contributed by atoms with Crippen LogP contribution in [0.15, 0.2) is 48.5 Å². The number of fused-ring (bicyclic) bond motifs is 1. The summed E-state index contributed by atoms with van der Waals surface area (Å²) in [6.45, 7) is 0.654. The van der Waals surface area contributed by atoms with Crippen molar-refractivity contribution in [3.8, 4) is 5.75 Å². The van der Waals surface area contributed by atoms with Gasteiger partial charge in [0.05, 0.1) is 6.61 Å². The molecular formula is C15H12O2. The average molecular weight is 224 g/mol. The molecule has 0 fully saturated rings. The largest absolute Gasteiger partial charge is 0.492 e. The number of benzene rings is 2. The molecule has 0 spiro atoms. The van der Waals surface area contributed by atoms with Crippen LogP contribution < -0.4 is 4.74 Å². The molecule has 0 bridgehead atoms. The number of ether oxygens (including phenoxy) is 1. The van der Waals surface area contributed by atoms with Crippen molar-refractivity contribution in [3.05, 3.63) is 65.2 Å². The molecule has 0 saturated heterocycles. The molecule has 1 atom stereocenters. The first-order chi connectivity index (χ1) is 8.38. The van der Waals surface area contributed by atoms with Crippen LogP contribution in [0.1, 0.15) is 27.4 Å². The Labute approximate surface area is 99.9 Å². The highest BCUT2D eigenvalue weighted by Crippen LogP contribution is 2.38. The lowest BCUT2D eigenvalue weighted by Gasteiger charge is -2.08. The Bertz CT molecular complexity index is 546. The highest BCUT2D eigenvalue weighted by atomic mass is 16.5. The fraction of sp³-hybridized carbons (Fsp3) is 0.133. The number of carbonyl (C=O) groups is 1. The van der Waals surface area contributed by atoms with Gasteiger partial charge in [-0.25, -0.2) is 0 Å². The van der Waals surface area contributed by atoms with Gasteiger partial charge < -0.3 is 4.74 Å². The van der Waals surface area contributed by atoms with E-state index in [-0.39, 0.29) is 5.92 Å². The molecular weight excluding hydrogens is 212 g/mol. The maximum absolute atomic E-state index is 10.8. The summed E-state index contributed by atoms with van der Waals surface area (Å²) in [4.78, 5) is 10.8. The van der Waals surface area contributed by atoms with Gasteiger partial charge in [0.1, 0.15) is 12.0 Å². The molecule has 0 N–H and O–H groups in total. The summed E-state index contributed by atoms with van der Waals surface area (Å²) in [5.74, 6) is 1.13. The summed E-state index contributed by atoms with van der Waals surface area (Å²) < 4.78 is 5.65. The zero-order valence-corrected chi connectivity index (χ0v) is 9.30. The molecule has 2 aromatic rings. The van der Waals surface area contributed by atoms with E-state index in [4.69, 9.17) is 4.74 Å². The quantitative estimate of drug-likeness (QED) is 0.733. The van der Waals surface area contributed by atoms with E-state index >= 15 is 0 Å². The van der Waals surface area contributed by atoms with Crippen LogP contribution in [0.2, 0.25) is 0 Å². The van der Waals surface area contributed by atoms with Crippen LogP contribution in [0.3, 0.4) is 0 Å². The fourth-order valence-electron chi connectivity index (χ4n) is 2.27. The standard InChI is InChI=1S/C15H12O2/c16-9-11-6-7-15-13(8-11)14(10-17-15)12-4-2-1-3-5-12/h1-9,14H,10H2/t14-/m0/s1. The second-order valence-corrected chi connectivity index (χ2v) is 4.19. The van der Waals surface area contributed by atoms with Gasteiger partial charge in [-0.05, 0) is 23.8 Å². The van der Waals surface area contributed by atoms with Crippen molar-refractivity contribution < 1.29 is 9.53 Å².